The molecule has 1 N–H and O–H groups in total. The van der Waals surface area contributed by atoms with Gasteiger partial charge < -0.3 is 9.47 Å². The summed E-state index contributed by atoms with van der Waals surface area (Å²) in [5.74, 6) is -0.114. The lowest BCUT2D eigenvalue weighted by atomic mass is 10.2. The van der Waals surface area contributed by atoms with E-state index < -0.39 is 23.4 Å². The summed E-state index contributed by atoms with van der Waals surface area (Å²) in [6.45, 7) is 10.4. The maximum Gasteiger partial charge on any atom is 0.421 e. The molecule has 0 saturated heterocycles. The number of halogens is 1. The fraction of sp³-hybridized carbons (Fsp3) is 0.533. The molecule has 2 heterocycles. The van der Waals surface area contributed by atoms with E-state index in [9.17, 15) is 9.59 Å². The number of imidazole rings is 1. The van der Waals surface area contributed by atoms with Crippen LogP contribution in [0.4, 0.5) is 15.5 Å². The Hall–Kier alpha value is -2.42. The molecule has 0 unspecified atom stereocenters. The first-order chi connectivity index (χ1) is 11.4. The Labute approximate surface area is 149 Å². The average molecular weight is 370 g/mol. The van der Waals surface area contributed by atoms with Crippen LogP contribution in [0.25, 0.3) is 11.2 Å². The van der Waals surface area contributed by atoms with E-state index in [0.29, 0.717) is 0 Å². The summed E-state index contributed by atoms with van der Waals surface area (Å²) in [5.41, 5.74) is -1.05. The summed E-state index contributed by atoms with van der Waals surface area (Å²) in [6.07, 6.45) is -0.185. The lowest BCUT2D eigenvalue weighted by Gasteiger charge is -2.19. The number of rotatable bonds is 1. The van der Waals surface area contributed by atoms with Crippen LogP contribution in [-0.2, 0) is 9.47 Å². The second-order valence-electron chi connectivity index (χ2n) is 7.23. The Morgan fingerprint density at radius 1 is 1.08 bits per heavy atom. The van der Waals surface area contributed by atoms with Crippen LogP contribution in [0.5, 0.6) is 0 Å². The van der Waals surface area contributed by atoms with Crippen molar-refractivity contribution >= 4 is 40.9 Å². The van der Waals surface area contributed by atoms with Crippen molar-refractivity contribution in [2.45, 2.75) is 52.7 Å². The van der Waals surface area contributed by atoms with E-state index in [1.807, 2.05) is 0 Å². The number of nitrogens with one attached hydrogen (secondary N) is 1. The summed E-state index contributed by atoms with van der Waals surface area (Å²) < 4.78 is 11.5. The van der Waals surface area contributed by atoms with Gasteiger partial charge in [0.2, 0.25) is 5.95 Å². The minimum atomic E-state index is -0.744. The first-order valence-electron chi connectivity index (χ1n) is 7.50. The summed E-state index contributed by atoms with van der Waals surface area (Å²) >= 11 is 6.06. The third kappa shape index (κ3) is 5.02. The second-order valence-corrected chi connectivity index (χ2v) is 7.59. The van der Waals surface area contributed by atoms with Crippen LogP contribution in [-0.4, -0.2) is 42.9 Å². The Kier molecular flexibility index (Phi) is 4.90. The van der Waals surface area contributed by atoms with Gasteiger partial charge in [0.1, 0.15) is 23.0 Å². The molecule has 1 amide bonds. The van der Waals surface area contributed by atoms with Crippen LogP contribution < -0.4 is 5.32 Å². The van der Waals surface area contributed by atoms with Crippen LogP contribution in [0.15, 0.2) is 6.33 Å². The molecule has 0 spiro atoms. The minimum absolute atomic E-state index is 0.0154. The third-order valence-electron chi connectivity index (χ3n) is 2.56. The SMILES string of the molecule is CC(C)(C)OC(=O)Nc1nc(Cl)c2ncn(C(=O)OC(C)(C)C)c2n1. The fourth-order valence-electron chi connectivity index (χ4n) is 1.76. The number of carbonyl (C=O) groups excluding carboxylic acids is 2. The molecule has 2 rings (SSSR count). The normalized spacial score (nSPS) is 12.1. The van der Waals surface area contributed by atoms with Crippen LogP contribution in [0.1, 0.15) is 41.5 Å². The molecule has 25 heavy (non-hydrogen) atoms. The molecular weight excluding hydrogens is 350 g/mol. The van der Waals surface area contributed by atoms with Crippen molar-refractivity contribution in [3.05, 3.63) is 11.5 Å². The lowest BCUT2D eigenvalue weighted by Crippen LogP contribution is -2.28. The van der Waals surface area contributed by atoms with Crippen LogP contribution in [0, 0.1) is 0 Å². The van der Waals surface area contributed by atoms with Crippen molar-refractivity contribution < 1.29 is 19.1 Å². The predicted molar refractivity (Wildman–Crippen MR) is 91.8 cm³/mol. The van der Waals surface area contributed by atoms with Gasteiger partial charge in [-0.1, -0.05) is 11.6 Å². The predicted octanol–water partition coefficient (Wildman–Crippen LogP) is 3.61. The van der Waals surface area contributed by atoms with E-state index >= 15 is 0 Å². The van der Waals surface area contributed by atoms with Crippen LogP contribution >= 0.6 is 11.6 Å². The van der Waals surface area contributed by atoms with E-state index in [1.54, 1.807) is 41.5 Å². The van der Waals surface area contributed by atoms with Gasteiger partial charge in [0.25, 0.3) is 0 Å². The van der Waals surface area contributed by atoms with Gasteiger partial charge >= 0.3 is 12.2 Å². The van der Waals surface area contributed by atoms with E-state index in [2.05, 4.69) is 20.3 Å². The smallest absolute Gasteiger partial charge is 0.421 e. The Morgan fingerprint density at radius 2 is 1.68 bits per heavy atom. The Morgan fingerprint density at radius 3 is 2.24 bits per heavy atom. The van der Waals surface area contributed by atoms with Gasteiger partial charge in [-0.05, 0) is 41.5 Å². The van der Waals surface area contributed by atoms with Crippen molar-refractivity contribution in [1.82, 2.24) is 19.5 Å². The molecular formula is C15H20ClN5O4. The zero-order valence-corrected chi connectivity index (χ0v) is 15.6. The topological polar surface area (TPSA) is 108 Å². The number of hydrogen-bond acceptors (Lipinski definition) is 7. The van der Waals surface area contributed by atoms with Gasteiger partial charge in [0.05, 0.1) is 0 Å². The van der Waals surface area contributed by atoms with Crippen molar-refractivity contribution in [3.8, 4) is 0 Å². The number of ether oxygens (including phenoxy) is 2. The molecule has 0 aliphatic heterocycles. The molecule has 9 nitrogen and oxygen atoms in total. The van der Waals surface area contributed by atoms with Crippen molar-refractivity contribution in [2.24, 2.45) is 0 Å². The molecule has 0 fully saturated rings. The van der Waals surface area contributed by atoms with Crippen LogP contribution in [0.3, 0.4) is 0 Å². The van der Waals surface area contributed by atoms with Gasteiger partial charge in [-0.25, -0.2) is 19.1 Å². The number of aromatic nitrogens is 4. The minimum Gasteiger partial charge on any atom is -0.444 e. The molecule has 0 aliphatic carbocycles. The van der Waals surface area contributed by atoms with Gasteiger partial charge in [-0.15, -0.1) is 0 Å². The highest BCUT2D eigenvalue weighted by molar-refractivity contribution is 6.33. The van der Waals surface area contributed by atoms with E-state index in [-0.39, 0.29) is 22.3 Å². The molecule has 0 aromatic carbocycles. The molecule has 10 heteroatoms. The van der Waals surface area contributed by atoms with E-state index in [0.717, 1.165) is 4.57 Å². The summed E-state index contributed by atoms with van der Waals surface area (Å²) in [6, 6.07) is 0. The third-order valence-corrected chi connectivity index (χ3v) is 2.82. The fourth-order valence-corrected chi connectivity index (χ4v) is 1.97. The standard InChI is InChI=1S/C15H20ClN5O4/c1-14(2,3)24-12(22)20-11-18-9(16)8-10(19-11)21(7-17-8)13(23)25-15(4,5)6/h7H,1-6H3,(H,18,19,20,22). The van der Waals surface area contributed by atoms with E-state index in [1.165, 1.54) is 6.33 Å². The van der Waals surface area contributed by atoms with Crippen LogP contribution in [0.2, 0.25) is 5.15 Å². The number of amides is 1. The van der Waals surface area contributed by atoms with Gasteiger partial charge in [0.15, 0.2) is 10.8 Å². The number of hydrogen-bond donors (Lipinski definition) is 1. The monoisotopic (exact) mass is 369 g/mol. The maximum atomic E-state index is 12.3. The summed E-state index contributed by atoms with van der Waals surface area (Å²) in [4.78, 5) is 36.2. The van der Waals surface area contributed by atoms with Crippen molar-refractivity contribution in [3.63, 3.8) is 0 Å². The van der Waals surface area contributed by atoms with Crippen molar-refractivity contribution in [1.29, 1.82) is 0 Å². The number of carbonyl (C=O) groups is 2. The maximum absolute atomic E-state index is 12.3. The van der Waals surface area contributed by atoms with E-state index in [4.69, 9.17) is 21.1 Å². The molecule has 0 aliphatic rings. The highest BCUT2D eigenvalue weighted by Crippen LogP contribution is 2.22. The number of nitrogens with zero attached hydrogens (tertiary/aromatic N) is 4. The lowest BCUT2D eigenvalue weighted by molar-refractivity contribution is 0.0542. The zero-order valence-electron chi connectivity index (χ0n) is 14.9. The second kappa shape index (κ2) is 6.47. The number of fused-ring (bicyclic) bond motifs is 1. The molecule has 136 valence electrons. The quantitative estimate of drug-likeness (QED) is 0.764. The average Bonchev–Trinajstić information content (AvgIpc) is 2.78. The highest BCUT2D eigenvalue weighted by atomic mass is 35.5. The molecule has 2 aromatic heterocycles. The highest BCUT2D eigenvalue weighted by Gasteiger charge is 2.23. The van der Waals surface area contributed by atoms with Gasteiger partial charge in [0, 0.05) is 0 Å². The molecule has 0 radical (unpaired) electrons. The Bertz CT molecular complexity index is 820. The zero-order chi connectivity index (χ0) is 19.0. The summed E-state index contributed by atoms with van der Waals surface area (Å²) in [5, 5.41) is 2.36. The molecule has 0 saturated carbocycles. The molecule has 0 atom stereocenters. The first-order valence-corrected chi connectivity index (χ1v) is 7.87. The van der Waals surface area contributed by atoms with Gasteiger partial charge in [-0.2, -0.15) is 9.97 Å². The first kappa shape index (κ1) is 18.9. The molecule has 2 aromatic rings. The van der Waals surface area contributed by atoms with Crippen molar-refractivity contribution in [2.75, 3.05) is 5.32 Å². The molecule has 0 bridgehead atoms. The largest absolute Gasteiger partial charge is 0.444 e. The van der Waals surface area contributed by atoms with Gasteiger partial charge in [-0.3, -0.25) is 5.32 Å². The Balaban J connectivity index is 2.34. The number of anilines is 1. The summed E-state index contributed by atoms with van der Waals surface area (Å²) in [7, 11) is 0.